The van der Waals surface area contributed by atoms with Crippen LogP contribution in [0.3, 0.4) is 0 Å². The highest BCUT2D eigenvalue weighted by molar-refractivity contribution is 7.99. The second-order valence-electron chi connectivity index (χ2n) is 6.38. The van der Waals surface area contributed by atoms with Crippen molar-refractivity contribution in [1.82, 2.24) is 19.3 Å². The third kappa shape index (κ3) is 3.66. The van der Waals surface area contributed by atoms with E-state index in [1.165, 1.54) is 11.8 Å². The van der Waals surface area contributed by atoms with E-state index < -0.39 is 0 Å². The molecule has 6 nitrogen and oxygen atoms in total. The molecule has 0 saturated heterocycles. The van der Waals surface area contributed by atoms with Crippen molar-refractivity contribution in [2.45, 2.75) is 25.5 Å². The fourth-order valence-electron chi connectivity index (χ4n) is 3.13. The van der Waals surface area contributed by atoms with Crippen LogP contribution in [0.5, 0.6) is 0 Å². The monoisotopic (exact) mass is 391 g/mol. The van der Waals surface area contributed by atoms with E-state index in [0.717, 1.165) is 34.1 Å². The summed E-state index contributed by atoms with van der Waals surface area (Å²) in [5.41, 5.74) is 3.79. The summed E-state index contributed by atoms with van der Waals surface area (Å²) in [6.07, 6.45) is 0. The highest BCUT2D eigenvalue weighted by Crippen LogP contribution is 2.24. The van der Waals surface area contributed by atoms with Gasteiger partial charge in [0.05, 0.1) is 28.2 Å². The Hall–Kier alpha value is -3.06. The fraction of sp³-hybridized carbons (Fsp3) is 0.190. The maximum absolute atomic E-state index is 12.6. The summed E-state index contributed by atoms with van der Waals surface area (Å²) in [7, 11) is 0. The molecule has 2 aromatic carbocycles. The van der Waals surface area contributed by atoms with Gasteiger partial charge < -0.3 is 9.88 Å². The Morgan fingerprint density at radius 1 is 1.11 bits per heavy atom. The number of rotatable bonds is 6. The zero-order chi connectivity index (χ0) is 19.5. The van der Waals surface area contributed by atoms with Gasteiger partial charge >= 0.3 is 0 Å². The molecule has 142 valence electrons. The Labute approximate surface area is 167 Å². The first-order valence-corrected chi connectivity index (χ1v) is 10.1. The number of thioether (sulfide) groups is 1. The number of amides is 1. The maximum atomic E-state index is 12.6. The third-order valence-corrected chi connectivity index (χ3v) is 5.34. The molecule has 0 bridgehead atoms. The van der Waals surface area contributed by atoms with E-state index in [2.05, 4.69) is 33.0 Å². The van der Waals surface area contributed by atoms with Crippen LogP contribution in [-0.4, -0.2) is 31.0 Å². The predicted molar refractivity (Wildman–Crippen MR) is 113 cm³/mol. The van der Waals surface area contributed by atoms with Crippen molar-refractivity contribution in [1.29, 1.82) is 0 Å². The van der Waals surface area contributed by atoms with Crippen LogP contribution in [0.25, 0.3) is 16.7 Å². The molecule has 0 radical (unpaired) electrons. The van der Waals surface area contributed by atoms with E-state index in [1.807, 2.05) is 61.5 Å². The van der Waals surface area contributed by atoms with Gasteiger partial charge in [0.25, 0.3) is 0 Å². The Morgan fingerprint density at radius 2 is 1.86 bits per heavy atom. The van der Waals surface area contributed by atoms with Crippen LogP contribution in [0.15, 0.2) is 65.8 Å². The van der Waals surface area contributed by atoms with Crippen LogP contribution in [0.1, 0.15) is 12.6 Å². The molecule has 0 fully saturated rings. The number of fused-ring (bicyclic) bond motifs is 1. The average Bonchev–Trinajstić information content (AvgIpc) is 3.26. The average molecular weight is 392 g/mol. The summed E-state index contributed by atoms with van der Waals surface area (Å²) in [5, 5.41) is 8.32. The zero-order valence-corrected chi connectivity index (χ0v) is 16.6. The van der Waals surface area contributed by atoms with Crippen LogP contribution in [0.2, 0.25) is 0 Å². The van der Waals surface area contributed by atoms with Crippen molar-refractivity contribution >= 4 is 34.5 Å². The summed E-state index contributed by atoms with van der Waals surface area (Å²) >= 11 is 1.44. The highest BCUT2D eigenvalue weighted by Gasteiger charge is 2.14. The molecule has 0 saturated carbocycles. The normalized spacial score (nSPS) is 11.1. The van der Waals surface area contributed by atoms with Gasteiger partial charge in [0, 0.05) is 12.6 Å². The molecular formula is C21H21N5OS. The van der Waals surface area contributed by atoms with Crippen molar-refractivity contribution in [2.75, 3.05) is 11.1 Å². The number of carbonyl (C=O) groups is 1. The number of hydrogen-bond donors (Lipinski definition) is 1. The van der Waals surface area contributed by atoms with Gasteiger partial charge in [-0.3, -0.25) is 4.79 Å². The number of anilines is 1. The Kier molecular flexibility index (Phi) is 5.16. The van der Waals surface area contributed by atoms with Gasteiger partial charge in [-0.25, -0.2) is 9.67 Å². The van der Waals surface area contributed by atoms with Crippen molar-refractivity contribution in [3.8, 4) is 5.69 Å². The summed E-state index contributed by atoms with van der Waals surface area (Å²) in [4.78, 5) is 17.2. The summed E-state index contributed by atoms with van der Waals surface area (Å²) in [6, 6.07) is 19.7. The van der Waals surface area contributed by atoms with Gasteiger partial charge in [-0.05, 0) is 38.1 Å². The first-order chi connectivity index (χ1) is 13.7. The lowest BCUT2D eigenvalue weighted by molar-refractivity contribution is -0.113. The Bertz CT molecular complexity index is 1120. The second-order valence-corrected chi connectivity index (χ2v) is 7.33. The number of nitrogens with one attached hydrogen (secondary N) is 1. The smallest absolute Gasteiger partial charge is 0.236 e. The van der Waals surface area contributed by atoms with Crippen molar-refractivity contribution in [3.63, 3.8) is 0 Å². The topological polar surface area (TPSA) is 64.7 Å². The Morgan fingerprint density at radius 3 is 2.64 bits per heavy atom. The summed E-state index contributed by atoms with van der Waals surface area (Å²) in [6.45, 7) is 4.80. The van der Waals surface area contributed by atoms with Crippen molar-refractivity contribution in [3.05, 3.63) is 66.4 Å². The number of para-hydroxylation sites is 3. The van der Waals surface area contributed by atoms with Crippen LogP contribution >= 0.6 is 11.8 Å². The lowest BCUT2D eigenvalue weighted by atomic mass is 10.3. The van der Waals surface area contributed by atoms with E-state index in [-0.39, 0.29) is 11.7 Å². The van der Waals surface area contributed by atoms with Gasteiger partial charge in [-0.1, -0.05) is 42.1 Å². The fourth-order valence-corrected chi connectivity index (χ4v) is 4.01. The molecule has 0 atom stereocenters. The van der Waals surface area contributed by atoms with Crippen molar-refractivity contribution in [2.24, 2.45) is 0 Å². The van der Waals surface area contributed by atoms with E-state index in [0.29, 0.717) is 5.82 Å². The molecular weight excluding hydrogens is 370 g/mol. The molecule has 0 aliphatic heterocycles. The number of imidazole rings is 1. The van der Waals surface area contributed by atoms with Gasteiger partial charge in [0.2, 0.25) is 5.91 Å². The molecule has 4 rings (SSSR count). The van der Waals surface area contributed by atoms with Crippen LogP contribution in [-0.2, 0) is 11.3 Å². The first-order valence-electron chi connectivity index (χ1n) is 9.15. The number of hydrogen-bond acceptors (Lipinski definition) is 4. The van der Waals surface area contributed by atoms with E-state index >= 15 is 0 Å². The van der Waals surface area contributed by atoms with E-state index in [1.54, 1.807) is 4.68 Å². The molecule has 28 heavy (non-hydrogen) atoms. The highest BCUT2D eigenvalue weighted by atomic mass is 32.2. The molecule has 0 aliphatic rings. The van der Waals surface area contributed by atoms with Gasteiger partial charge in [0.15, 0.2) is 5.16 Å². The van der Waals surface area contributed by atoms with Crippen LogP contribution in [0.4, 0.5) is 5.82 Å². The first kappa shape index (κ1) is 18.3. The summed E-state index contributed by atoms with van der Waals surface area (Å²) in [5.74, 6) is 0.859. The molecule has 1 N–H and O–H groups in total. The number of aromatic nitrogens is 4. The lowest BCUT2D eigenvalue weighted by Gasteiger charge is -2.09. The lowest BCUT2D eigenvalue weighted by Crippen LogP contribution is -2.17. The molecule has 0 unspecified atom stereocenters. The standard InChI is InChI=1S/C21H21N5OS/c1-3-25-18-12-8-7-11-17(18)22-21(25)28-14-20(27)23-19-13-15(2)24-26(19)16-9-5-4-6-10-16/h4-13H,3,14H2,1-2H3,(H,23,27). The molecule has 1 amide bonds. The largest absolute Gasteiger partial charge is 0.319 e. The maximum Gasteiger partial charge on any atom is 0.236 e. The van der Waals surface area contributed by atoms with Crippen molar-refractivity contribution < 1.29 is 4.79 Å². The molecule has 2 heterocycles. The number of aryl methyl sites for hydroxylation is 2. The van der Waals surface area contributed by atoms with E-state index in [4.69, 9.17) is 0 Å². The van der Waals surface area contributed by atoms with Gasteiger partial charge in [0.1, 0.15) is 5.82 Å². The minimum atomic E-state index is -0.0863. The van der Waals surface area contributed by atoms with Crippen LogP contribution < -0.4 is 5.32 Å². The summed E-state index contributed by atoms with van der Waals surface area (Å²) < 4.78 is 3.88. The molecule has 0 aliphatic carbocycles. The number of nitrogens with zero attached hydrogens (tertiary/aromatic N) is 4. The van der Waals surface area contributed by atoms with Crippen LogP contribution in [0, 0.1) is 6.92 Å². The third-order valence-electron chi connectivity index (χ3n) is 4.37. The molecule has 4 aromatic rings. The van der Waals surface area contributed by atoms with Gasteiger partial charge in [-0.2, -0.15) is 5.10 Å². The zero-order valence-electron chi connectivity index (χ0n) is 15.8. The second kappa shape index (κ2) is 7.90. The number of benzene rings is 2. The molecule has 7 heteroatoms. The van der Waals surface area contributed by atoms with Gasteiger partial charge in [-0.15, -0.1) is 0 Å². The Balaban J connectivity index is 1.49. The molecule has 2 aromatic heterocycles. The molecule has 0 spiro atoms. The minimum absolute atomic E-state index is 0.0863. The quantitative estimate of drug-likeness (QED) is 0.498. The number of carbonyl (C=O) groups excluding carboxylic acids is 1. The SMILES string of the molecule is CCn1c(SCC(=O)Nc2cc(C)nn2-c2ccccc2)nc2ccccc21. The van der Waals surface area contributed by atoms with E-state index in [9.17, 15) is 4.79 Å². The predicted octanol–water partition coefficient (Wildman–Crippen LogP) is 4.28. The minimum Gasteiger partial charge on any atom is -0.319 e.